The topological polar surface area (TPSA) is 44.9 Å². The third-order valence-corrected chi connectivity index (χ3v) is 5.89. The van der Waals surface area contributed by atoms with Gasteiger partial charge in [-0.25, -0.2) is 0 Å². The van der Waals surface area contributed by atoms with E-state index in [2.05, 4.69) is 41.0 Å². The molecule has 0 aromatic heterocycles. The Hall–Kier alpha value is -0.470. The lowest BCUT2D eigenvalue weighted by molar-refractivity contribution is 0.178. The van der Waals surface area contributed by atoms with Crippen LogP contribution in [0.25, 0.3) is 0 Å². The van der Waals surface area contributed by atoms with Gasteiger partial charge in [0.1, 0.15) is 0 Å². The second-order valence-corrected chi connectivity index (χ2v) is 7.57. The highest BCUT2D eigenvalue weighted by molar-refractivity contribution is 14.0. The fraction of sp³-hybridized carbons (Fsp3) is 0.611. The molecule has 3 rings (SSSR count). The van der Waals surface area contributed by atoms with Crippen LogP contribution >= 0.6 is 35.7 Å². The minimum Gasteiger partial charge on any atom is -0.370 e. The molecule has 2 heterocycles. The zero-order valence-electron chi connectivity index (χ0n) is 14.5. The van der Waals surface area contributed by atoms with E-state index >= 15 is 0 Å². The lowest BCUT2D eigenvalue weighted by Crippen LogP contribution is -2.44. The summed E-state index contributed by atoms with van der Waals surface area (Å²) in [7, 11) is 0. The minimum atomic E-state index is 0. The molecular formula is C18H29IN4S. The number of rotatable bonds is 4. The largest absolute Gasteiger partial charge is 0.370 e. The lowest BCUT2D eigenvalue weighted by Gasteiger charge is -2.35. The fourth-order valence-electron chi connectivity index (χ4n) is 3.42. The number of nitrogens with zero attached hydrogens (tertiary/aromatic N) is 3. The zero-order valence-corrected chi connectivity index (χ0v) is 17.6. The predicted octanol–water partition coefficient (Wildman–Crippen LogP) is 2.80. The summed E-state index contributed by atoms with van der Waals surface area (Å²) < 4.78 is 0. The maximum absolute atomic E-state index is 6.21. The number of benzene rings is 1. The smallest absolute Gasteiger partial charge is 0.191 e. The summed E-state index contributed by atoms with van der Waals surface area (Å²) in [5.74, 6) is 3.06. The van der Waals surface area contributed by atoms with Crippen molar-refractivity contribution < 1.29 is 0 Å². The first-order valence-corrected chi connectivity index (χ1v) is 9.87. The molecule has 2 aliphatic rings. The molecule has 24 heavy (non-hydrogen) atoms. The van der Waals surface area contributed by atoms with Crippen molar-refractivity contribution >= 4 is 41.7 Å². The first-order valence-electron chi connectivity index (χ1n) is 8.71. The van der Waals surface area contributed by atoms with Crippen molar-refractivity contribution in [1.82, 2.24) is 9.80 Å². The number of thioether (sulfide) groups is 1. The van der Waals surface area contributed by atoms with Gasteiger partial charge in [-0.2, -0.15) is 11.8 Å². The minimum absolute atomic E-state index is 0. The standard InChI is InChI=1S/C18H28N4S.HI/c1-2-17(13-20-18(19)21-9-11-23-12-10-21)22-8-7-15-5-3-4-6-16(15)14-22;/h3-6,17H,2,7-14H2,1H3,(H2,19,20);1H. The van der Waals surface area contributed by atoms with Gasteiger partial charge in [-0.3, -0.25) is 9.89 Å². The summed E-state index contributed by atoms with van der Waals surface area (Å²) in [6.45, 7) is 7.32. The summed E-state index contributed by atoms with van der Waals surface area (Å²) in [6, 6.07) is 9.30. The third-order valence-electron chi connectivity index (χ3n) is 4.95. The van der Waals surface area contributed by atoms with Crippen LogP contribution in [-0.4, -0.2) is 59.5 Å². The maximum atomic E-state index is 6.21. The Bertz CT molecular complexity index is 546. The van der Waals surface area contributed by atoms with Gasteiger partial charge in [0.2, 0.25) is 0 Å². The average Bonchev–Trinajstić information content (AvgIpc) is 2.62. The van der Waals surface area contributed by atoms with Gasteiger partial charge in [0.05, 0.1) is 6.54 Å². The lowest BCUT2D eigenvalue weighted by atomic mass is 9.98. The fourth-order valence-corrected chi connectivity index (χ4v) is 4.33. The highest BCUT2D eigenvalue weighted by atomic mass is 127. The normalized spacial score (nSPS) is 20.2. The SMILES string of the molecule is CCC(CN=C(N)N1CCSCC1)N1CCc2ccccc2C1.I. The predicted molar refractivity (Wildman–Crippen MR) is 115 cm³/mol. The second-order valence-electron chi connectivity index (χ2n) is 6.35. The van der Waals surface area contributed by atoms with Crippen LogP contribution < -0.4 is 5.73 Å². The van der Waals surface area contributed by atoms with Gasteiger partial charge >= 0.3 is 0 Å². The van der Waals surface area contributed by atoms with E-state index < -0.39 is 0 Å². The average molecular weight is 460 g/mol. The highest BCUT2D eigenvalue weighted by Gasteiger charge is 2.22. The van der Waals surface area contributed by atoms with Crippen LogP contribution in [0.2, 0.25) is 0 Å². The molecule has 2 N–H and O–H groups in total. The maximum Gasteiger partial charge on any atom is 0.191 e. The number of hydrogen-bond donors (Lipinski definition) is 1. The molecule has 1 atom stereocenters. The quantitative estimate of drug-likeness (QED) is 0.427. The van der Waals surface area contributed by atoms with Crippen molar-refractivity contribution in [2.75, 3.05) is 37.7 Å². The molecule has 0 spiro atoms. The van der Waals surface area contributed by atoms with Crippen LogP contribution in [0.15, 0.2) is 29.3 Å². The Morgan fingerprint density at radius 1 is 1.21 bits per heavy atom. The molecule has 1 fully saturated rings. The second kappa shape index (κ2) is 9.87. The first kappa shape index (κ1) is 19.8. The Kier molecular flexibility index (Phi) is 8.16. The van der Waals surface area contributed by atoms with E-state index in [4.69, 9.17) is 10.7 Å². The summed E-state index contributed by atoms with van der Waals surface area (Å²) in [5, 5.41) is 0. The van der Waals surface area contributed by atoms with Crippen LogP contribution in [0.4, 0.5) is 0 Å². The van der Waals surface area contributed by atoms with Crippen molar-refractivity contribution in [2.24, 2.45) is 10.7 Å². The Morgan fingerprint density at radius 2 is 1.92 bits per heavy atom. The van der Waals surface area contributed by atoms with Crippen LogP contribution in [0.5, 0.6) is 0 Å². The molecule has 2 aliphatic heterocycles. The Morgan fingerprint density at radius 3 is 2.62 bits per heavy atom. The molecule has 1 unspecified atom stereocenters. The first-order chi connectivity index (χ1) is 11.3. The van der Waals surface area contributed by atoms with Gasteiger partial charge in [-0.05, 0) is 24.0 Å². The van der Waals surface area contributed by atoms with Crippen LogP contribution in [0.3, 0.4) is 0 Å². The van der Waals surface area contributed by atoms with E-state index in [0.29, 0.717) is 6.04 Å². The van der Waals surface area contributed by atoms with Crippen molar-refractivity contribution in [3.63, 3.8) is 0 Å². The van der Waals surface area contributed by atoms with Crippen LogP contribution in [0, 0.1) is 0 Å². The van der Waals surface area contributed by atoms with E-state index in [-0.39, 0.29) is 24.0 Å². The molecule has 4 nitrogen and oxygen atoms in total. The van der Waals surface area contributed by atoms with Crippen molar-refractivity contribution in [1.29, 1.82) is 0 Å². The van der Waals surface area contributed by atoms with Gasteiger partial charge < -0.3 is 10.6 Å². The number of fused-ring (bicyclic) bond motifs is 1. The number of guanidine groups is 1. The number of aliphatic imine (C=N–C) groups is 1. The monoisotopic (exact) mass is 460 g/mol. The summed E-state index contributed by atoms with van der Waals surface area (Å²) >= 11 is 2.00. The molecule has 134 valence electrons. The van der Waals surface area contributed by atoms with Crippen molar-refractivity contribution in [2.45, 2.75) is 32.4 Å². The number of halogens is 1. The van der Waals surface area contributed by atoms with E-state index in [9.17, 15) is 0 Å². The van der Waals surface area contributed by atoms with Crippen LogP contribution in [-0.2, 0) is 13.0 Å². The highest BCUT2D eigenvalue weighted by Crippen LogP contribution is 2.21. The van der Waals surface area contributed by atoms with Gasteiger partial charge in [-0.1, -0.05) is 31.2 Å². The van der Waals surface area contributed by atoms with Crippen molar-refractivity contribution in [3.05, 3.63) is 35.4 Å². The van der Waals surface area contributed by atoms with E-state index in [0.717, 1.165) is 63.0 Å². The van der Waals surface area contributed by atoms with Gasteiger partial charge in [-0.15, -0.1) is 24.0 Å². The zero-order chi connectivity index (χ0) is 16.1. The van der Waals surface area contributed by atoms with Gasteiger partial charge in [0, 0.05) is 43.7 Å². The molecule has 0 bridgehead atoms. The number of nitrogens with two attached hydrogens (primary N) is 1. The van der Waals surface area contributed by atoms with Gasteiger partial charge in [0.15, 0.2) is 5.96 Å². The molecule has 0 saturated carbocycles. The molecule has 0 radical (unpaired) electrons. The molecule has 0 aliphatic carbocycles. The van der Waals surface area contributed by atoms with Crippen LogP contribution in [0.1, 0.15) is 24.5 Å². The Balaban J connectivity index is 0.00000208. The number of hydrogen-bond acceptors (Lipinski definition) is 3. The molecule has 1 aromatic carbocycles. The van der Waals surface area contributed by atoms with E-state index in [1.165, 1.54) is 11.1 Å². The molecule has 0 amide bonds. The summed E-state index contributed by atoms with van der Waals surface area (Å²) in [5.41, 5.74) is 9.19. The van der Waals surface area contributed by atoms with Gasteiger partial charge in [0.25, 0.3) is 0 Å². The van der Waals surface area contributed by atoms with Crippen molar-refractivity contribution in [3.8, 4) is 0 Å². The summed E-state index contributed by atoms with van der Waals surface area (Å²) in [4.78, 5) is 9.53. The summed E-state index contributed by atoms with van der Waals surface area (Å²) in [6.07, 6.45) is 2.27. The molecular weight excluding hydrogens is 431 g/mol. The third kappa shape index (κ3) is 5.02. The van der Waals surface area contributed by atoms with E-state index in [1.54, 1.807) is 0 Å². The molecule has 6 heteroatoms. The molecule has 1 aromatic rings. The Labute approximate surface area is 167 Å². The van der Waals surface area contributed by atoms with E-state index in [1.807, 2.05) is 11.8 Å². The molecule has 1 saturated heterocycles.